The van der Waals surface area contributed by atoms with E-state index in [1.807, 2.05) is 0 Å². The van der Waals surface area contributed by atoms with Gasteiger partial charge in [0.1, 0.15) is 0 Å². The number of sulfonamides is 1. The van der Waals surface area contributed by atoms with Crippen molar-refractivity contribution in [1.29, 1.82) is 0 Å². The van der Waals surface area contributed by atoms with Crippen molar-refractivity contribution >= 4 is 21.7 Å². The van der Waals surface area contributed by atoms with E-state index in [0.717, 1.165) is 12.8 Å². The Balaban J connectivity index is 1.60. The molecule has 0 radical (unpaired) electrons. The van der Waals surface area contributed by atoms with Crippen LogP contribution in [0.15, 0.2) is 24.3 Å². The van der Waals surface area contributed by atoms with Gasteiger partial charge in [-0.05, 0) is 43.2 Å². The van der Waals surface area contributed by atoms with E-state index in [2.05, 4.69) is 4.72 Å². The molecule has 0 aromatic heterocycles. The van der Waals surface area contributed by atoms with Crippen molar-refractivity contribution in [2.45, 2.75) is 51.0 Å². The molecule has 1 spiro atoms. The van der Waals surface area contributed by atoms with Crippen LogP contribution in [0.2, 0.25) is 0 Å². The van der Waals surface area contributed by atoms with Crippen LogP contribution in [0.25, 0.3) is 0 Å². The zero-order valence-electron chi connectivity index (χ0n) is 14.2. The Morgan fingerprint density at radius 1 is 1.20 bits per heavy atom. The number of rotatable bonds is 5. The summed E-state index contributed by atoms with van der Waals surface area (Å²) < 4.78 is 33.1. The van der Waals surface area contributed by atoms with Crippen molar-refractivity contribution in [1.82, 2.24) is 0 Å². The first kappa shape index (κ1) is 18.2. The highest BCUT2D eigenvalue weighted by Gasteiger charge is 2.38. The van der Waals surface area contributed by atoms with Gasteiger partial charge in [-0.1, -0.05) is 31.4 Å². The summed E-state index contributed by atoms with van der Waals surface area (Å²) in [7, 11) is -3.67. The molecule has 1 atom stereocenters. The van der Waals surface area contributed by atoms with Crippen LogP contribution in [-0.2, 0) is 14.8 Å². The molecule has 1 saturated carbocycles. The van der Waals surface area contributed by atoms with E-state index in [1.165, 1.54) is 44.2 Å². The van der Waals surface area contributed by atoms with Gasteiger partial charge in [-0.25, -0.2) is 13.2 Å². The fourth-order valence-corrected chi connectivity index (χ4v) is 5.31. The maximum atomic E-state index is 12.4. The number of anilines is 1. The third-order valence-electron chi connectivity index (χ3n) is 5.36. The topological polar surface area (TPSA) is 92.7 Å². The lowest BCUT2D eigenvalue weighted by molar-refractivity contribution is -0.0679. The van der Waals surface area contributed by atoms with Gasteiger partial charge < -0.3 is 9.84 Å². The lowest BCUT2D eigenvalue weighted by atomic mass is 9.70. The number of benzene rings is 1. The monoisotopic (exact) mass is 367 g/mol. The van der Waals surface area contributed by atoms with Crippen molar-refractivity contribution in [3.05, 3.63) is 29.8 Å². The molecule has 2 fully saturated rings. The quantitative estimate of drug-likeness (QED) is 0.833. The van der Waals surface area contributed by atoms with E-state index in [4.69, 9.17) is 9.84 Å². The van der Waals surface area contributed by atoms with Crippen molar-refractivity contribution < 1.29 is 23.1 Å². The maximum absolute atomic E-state index is 12.4. The van der Waals surface area contributed by atoms with Crippen molar-refractivity contribution in [2.24, 2.45) is 5.41 Å². The Bertz CT molecular complexity index is 715. The second-order valence-corrected chi connectivity index (χ2v) is 9.03. The Morgan fingerprint density at radius 2 is 1.92 bits per heavy atom. The Hall–Kier alpha value is -1.60. The van der Waals surface area contributed by atoms with E-state index >= 15 is 0 Å². The number of carboxylic acid groups (broad SMARTS) is 1. The van der Waals surface area contributed by atoms with Crippen LogP contribution >= 0.6 is 0 Å². The first-order chi connectivity index (χ1) is 11.9. The van der Waals surface area contributed by atoms with E-state index < -0.39 is 16.0 Å². The molecule has 0 bridgehead atoms. The Labute approximate surface area is 148 Å². The molecule has 138 valence electrons. The van der Waals surface area contributed by atoms with Gasteiger partial charge in [0, 0.05) is 0 Å². The van der Waals surface area contributed by atoms with Gasteiger partial charge in [0.15, 0.2) is 0 Å². The molecule has 2 aliphatic rings. The van der Waals surface area contributed by atoms with Crippen LogP contribution < -0.4 is 4.72 Å². The SMILES string of the molecule is O=C(O)c1ccccc1NS(=O)(=O)CC1CCC2(CCCCC2)CO1. The second kappa shape index (κ2) is 7.33. The van der Waals surface area contributed by atoms with E-state index in [9.17, 15) is 13.2 Å². The lowest BCUT2D eigenvalue weighted by Crippen LogP contribution is -2.40. The van der Waals surface area contributed by atoms with Gasteiger partial charge in [0.05, 0.1) is 29.7 Å². The molecule has 3 rings (SSSR count). The molecule has 1 aromatic rings. The summed E-state index contributed by atoms with van der Waals surface area (Å²) in [6.45, 7) is 0.638. The number of carbonyl (C=O) groups is 1. The van der Waals surface area contributed by atoms with E-state index in [1.54, 1.807) is 12.1 Å². The number of para-hydroxylation sites is 1. The molecular formula is C18H25NO5S. The molecule has 1 unspecified atom stereocenters. The molecule has 25 heavy (non-hydrogen) atoms. The van der Waals surface area contributed by atoms with E-state index in [-0.39, 0.29) is 28.5 Å². The van der Waals surface area contributed by atoms with Gasteiger partial charge >= 0.3 is 5.97 Å². The minimum Gasteiger partial charge on any atom is -0.478 e. The Kier molecular flexibility index (Phi) is 5.34. The molecule has 7 heteroatoms. The highest BCUT2D eigenvalue weighted by molar-refractivity contribution is 7.92. The first-order valence-corrected chi connectivity index (χ1v) is 10.5. The number of ether oxygens (including phenoxy) is 1. The van der Waals surface area contributed by atoms with Crippen molar-refractivity contribution in [3.8, 4) is 0 Å². The molecule has 1 aromatic carbocycles. The molecule has 1 saturated heterocycles. The summed E-state index contributed by atoms with van der Waals surface area (Å²) in [5.74, 6) is -1.30. The zero-order valence-corrected chi connectivity index (χ0v) is 15.1. The predicted octanol–water partition coefficient (Wildman–Crippen LogP) is 3.26. The smallest absolute Gasteiger partial charge is 0.337 e. The third-order valence-corrected chi connectivity index (χ3v) is 6.71. The number of aromatic carboxylic acids is 1. The summed E-state index contributed by atoms with van der Waals surface area (Å²) >= 11 is 0. The third kappa shape index (κ3) is 4.52. The van der Waals surface area contributed by atoms with E-state index in [0.29, 0.717) is 6.61 Å². The molecule has 1 heterocycles. The molecule has 0 amide bonds. The molecular weight excluding hydrogens is 342 g/mol. The predicted molar refractivity (Wildman–Crippen MR) is 95.3 cm³/mol. The van der Waals surface area contributed by atoms with Gasteiger partial charge in [-0.15, -0.1) is 0 Å². The van der Waals surface area contributed by atoms with Gasteiger partial charge in [-0.2, -0.15) is 0 Å². The maximum Gasteiger partial charge on any atom is 0.337 e. The van der Waals surface area contributed by atoms with Crippen molar-refractivity contribution in [3.63, 3.8) is 0 Å². The van der Waals surface area contributed by atoms with Crippen LogP contribution in [-0.4, -0.2) is 38.0 Å². The van der Waals surface area contributed by atoms with Crippen LogP contribution in [0.4, 0.5) is 5.69 Å². The number of hydrogen-bond donors (Lipinski definition) is 2. The summed E-state index contributed by atoms with van der Waals surface area (Å²) in [5, 5.41) is 9.17. The molecule has 6 nitrogen and oxygen atoms in total. The normalized spacial score (nSPS) is 23.3. The number of nitrogens with one attached hydrogen (secondary N) is 1. The summed E-state index contributed by atoms with van der Waals surface area (Å²) in [6, 6.07) is 6.01. The summed E-state index contributed by atoms with van der Waals surface area (Å²) in [4.78, 5) is 11.2. The second-order valence-electron chi connectivity index (χ2n) is 7.27. The van der Waals surface area contributed by atoms with Crippen LogP contribution in [0.5, 0.6) is 0 Å². The van der Waals surface area contributed by atoms with Gasteiger partial charge in [0.25, 0.3) is 0 Å². The van der Waals surface area contributed by atoms with Gasteiger partial charge in [-0.3, -0.25) is 4.72 Å². The number of carboxylic acids is 1. The minimum atomic E-state index is -3.67. The van der Waals surface area contributed by atoms with Crippen LogP contribution in [0, 0.1) is 5.41 Å². The zero-order chi connectivity index (χ0) is 17.9. The number of hydrogen-bond acceptors (Lipinski definition) is 4. The fraction of sp³-hybridized carbons (Fsp3) is 0.611. The molecule has 2 N–H and O–H groups in total. The standard InChI is InChI=1S/C18H25NO5S/c20-17(21)15-6-2-3-7-16(15)19-25(22,23)12-14-8-11-18(13-24-14)9-4-1-5-10-18/h2-3,6-7,14,19H,1,4-5,8-13H2,(H,20,21). The largest absolute Gasteiger partial charge is 0.478 e. The average molecular weight is 367 g/mol. The van der Waals surface area contributed by atoms with Crippen LogP contribution in [0.3, 0.4) is 0 Å². The average Bonchev–Trinajstić information content (AvgIpc) is 2.58. The first-order valence-electron chi connectivity index (χ1n) is 8.84. The lowest BCUT2D eigenvalue weighted by Gasteiger charge is -2.42. The highest BCUT2D eigenvalue weighted by atomic mass is 32.2. The minimum absolute atomic E-state index is 0.0585. The van der Waals surface area contributed by atoms with Gasteiger partial charge in [0.2, 0.25) is 10.0 Å². The van der Waals surface area contributed by atoms with Crippen LogP contribution in [0.1, 0.15) is 55.3 Å². The summed E-state index contributed by atoms with van der Waals surface area (Å²) in [6.07, 6.45) is 7.53. The van der Waals surface area contributed by atoms with Crippen molar-refractivity contribution in [2.75, 3.05) is 17.1 Å². The Morgan fingerprint density at radius 3 is 2.56 bits per heavy atom. The highest BCUT2D eigenvalue weighted by Crippen LogP contribution is 2.43. The summed E-state index contributed by atoms with van der Waals surface area (Å²) in [5.41, 5.74) is 0.285. The molecule has 1 aliphatic carbocycles. The molecule has 1 aliphatic heterocycles. The fourth-order valence-electron chi connectivity index (χ4n) is 3.96.